The normalized spacial score (nSPS) is 14.8. The van der Waals surface area contributed by atoms with Gasteiger partial charge in [-0.2, -0.15) is 0 Å². The maximum atomic E-state index is 12.0. The summed E-state index contributed by atoms with van der Waals surface area (Å²) in [4.78, 5) is 19.5. The van der Waals surface area contributed by atoms with E-state index in [-0.39, 0.29) is 6.03 Å². The van der Waals surface area contributed by atoms with Gasteiger partial charge in [0, 0.05) is 49.6 Å². The Morgan fingerprint density at radius 1 is 1.10 bits per heavy atom. The van der Waals surface area contributed by atoms with Crippen LogP contribution in [0.25, 0.3) is 0 Å². The van der Waals surface area contributed by atoms with Crippen LogP contribution in [0, 0.1) is 0 Å². The summed E-state index contributed by atoms with van der Waals surface area (Å²) in [6, 6.07) is 11.7. The molecule has 1 saturated heterocycles. The van der Waals surface area contributed by atoms with E-state index in [0.29, 0.717) is 0 Å². The van der Waals surface area contributed by atoms with Crippen LogP contribution in [-0.4, -0.2) is 36.1 Å². The number of rotatable bonds is 3. The van der Waals surface area contributed by atoms with Crippen LogP contribution in [0.4, 0.5) is 21.9 Å². The summed E-state index contributed by atoms with van der Waals surface area (Å²) in [6.07, 6.45) is 3.48. The molecule has 3 rings (SSSR count). The number of hydrogen-bond donors (Lipinski definition) is 1. The van der Waals surface area contributed by atoms with Crippen molar-refractivity contribution in [2.75, 3.05) is 30.4 Å². The number of carbonyl (C=O) groups excluding carboxylic acids is 1. The quantitative estimate of drug-likeness (QED) is 0.931. The van der Waals surface area contributed by atoms with Crippen molar-refractivity contribution < 1.29 is 4.79 Å². The van der Waals surface area contributed by atoms with Crippen LogP contribution in [0.3, 0.4) is 0 Å². The number of likely N-dealkylation sites (N-methyl/N-ethyl adjacent to an activating group) is 1. The molecule has 5 heteroatoms. The second-order valence-corrected chi connectivity index (χ2v) is 4.77. The molecule has 1 fully saturated rings. The first kappa shape index (κ1) is 12.5. The zero-order valence-electron chi connectivity index (χ0n) is 11.3. The van der Waals surface area contributed by atoms with Crippen LogP contribution in [0.2, 0.25) is 0 Å². The minimum Gasteiger partial charge on any atom is -0.355 e. The fraction of sp³-hybridized carbons (Fsp3) is 0.200. The Morgan fingerprint density at radius 3 is 2.60 bits per heavy atom. The van der Waals surface area contributed by atoms with Crippen molar-refractivity contribution in [2.24, 2.45) is 0 Å². The summed E-state index contributed by atoms with van der Waals surface area (Å²) in [5.74, 6) is 0. The molecule has 2 aromatic rings. The molecule has 0 aliphatic carbocycles. The maximum absolute atomic E-state index is 12.0. The molecule has 102 valence electrons. The van der Waals surface area contributed by atoms with E-state index >= 15 is 0 Å². The van der Waals surface area contributed by atoms with Crippen LogP contribution in [0.1, 0.15) is 0 Å². The topological polar surface area (TPSA) is 48.5 Å². The summed E-state index contributed by atoms with van der Waals surface area (Å²) >= 11 is 0. The number of nitrogens with one attached hydrogen (secondary N) is 1. The highest BCUT2D eigenvalue weighted by Gasteiger charge is 2.26. The molecular formula is C15H16N4O. The van der Waals surface area contributed by atoms with E-state index in [2.05, 4.69) is 10.3 Å². The van der Waals surface area contributed by atoms with E-state index in [1.807, 2.05) is 43.4 Å². The van der Waals surface area contributed by atoms with Crippen molar-refractivity contribution >= 4 is 23.1 Å². The third-order valence-electron chi connectivity index (χ3n) is 3.34. The van der Waals surface area contributed by atoms with Gasteiger partial charge in [-0.05, 0) is 30.3 Å². The Bertz CT molecular complexity index is 614. The number of hydrogen-bond acceptors (Lipinski definition) is 3. The molecule has 0 atom stereocenters. The highest BCUT2D eigenvalue weighted by molar-refractivity contribution is 5.94. The highest BCUT2D eigenvalue weighted by atomic mass is 16.2. The monoisotopic (exact) mass is 268 g/mol. The van der Waals surface area contributed by atoms with E-state index in [1.54, 1.807) is 22.2 Å². The summed E-state index contributed by atoms with van der Waals surface area (Å²) in [5, 5.41) is 3.30. The Balaban J connectivity index is 1.81. The lowest BCUT2D eigenvalue weighted by molar-refractivity contribution is 0.229. The first-order chi connectivity index (χ1) is 9.74. The Kier molecular flexibility index (Phi) is 3.25. The molecule has 0 saturated carbocycles. The molecule has 0 bridgehead atoms. The van der Waals surface area contributed by atoms with Crippen molar-refractivity contribution in [3.8, 4) is 0 Å². The van der Waals surface area contributed by atoms with Gasteiger partial charge in [-0.15, -0.1) is 0 Å². The Labute approximate surface area is 117 Å². The molecular weight excluding hydrogens is 252 g/mol. The van der Waals surface area contributed by atoms with Crippen LogP contribution in [-0.2, 0) is 0 Å². The largest absolute Gasteiger partial charge is 0.355 e. The van der Waals surface area contributed by atoms with Gasteiger partial charge in [-0.3, -0.25) is 9.88 Å². The van der Waals surface area contributed by atoms with Crippen LogP contribution < -0.4 is 10.2 Å². The van der Waals surface area contributed by atoms with E-state index in [4.69, 9.17) is 0 Å². The average Bonchev–Trinajstić information content (AvgIpc) is 2.80. The smallest absolute Gasteiger partial charge is 0.324 e. The Morgan fingerprint density at radius 2 is 1.90 bits per heavy atom. The fourth-order valence-corrected chi connectivity index (χ4v) is 2.24. The molecule has 1 aromatic carbocycles. The number of aromatic nitrogens is 1. The first-order valence-corrected chi connectivity index (χ1v) is 6.54. The summed E-state index contributed by atoms with van der Waals surface area (Å²) in [7, 11) is 1.82. The maximum Gasteiger partial charge on any atom is 0.324 e. The standard InChI is InChI=1S/C15H16N4O/c1-18-9-10-19(15(18)20)14-4-2-3-13(11-14)17-12-5-7-16-8-6-12/h2-8,11H,9-10H2,1H3,(H,16,17). The summed E-state index contributed by atoms with van der Waals surface area (Å²) in [6.45, 7) is 1.49. The van der Waals surface area contributed by atoms with Crippen molar-refractivity contribution in [3.63, 3.8) is 0 Å². The number of benzene rings is 1. The van der Waals surface area contributed by atoms with Gasteiger partial charge in [0.15, 0.2) is 0 Å². The lowest BCUT2D eigenvalue weighted by Crippen LogP contribution is -2.29. The van der Waals surface area contributed by atoms with Crippen molar-refractivity contribution in [2.45, 2.75) is 0 Å². The molecule has 1 aliphatic heterocycles. The minimum absolute atomic E-state index is 0.0473. The van der Waals surface area contributed by atoms with E-state index in [9.17, 15) is 4.79 Å². The van der Waals surface area contributed by atoms with Crippen molar-refractivity contribution in [1.29, 1.82) is 0 Å². The van der Waals surface area contributed by atoms with Crippen molar-refractivity contribution in [1.82, 2.24) is 9.88 Å². The summed E-state index contributed by atoms with van der Waals surface area (Å²) < 4.78 is 0. The van der Waals surface area contributed by atoms with Gasteiger partial charge in [0.1, 0.15) is 0 Å². The van der Waals surface area contributed by atoms with Gasteiger partial charge in [0.2, 0.25) is 0 Å². The van der Waals surface area contributed by atoms with Gasteiger partial charge in [-0.1, -0.05) is 6.07 Å². The van der Waals surface area contributed by atoms with Crippen LogP contribution in [0.5, 0.6) is 0 Å². The zero-order chi connectivity index (χ0) is 13.9. The van der Waals surface area contributed by atoms with Gasteiger partial charge in [0.25, 0.3) is 0 Å². The number of pyridine rings is 1. The molecule has 2 amide bonds. The SMILES string of the molecule is CN1CCN(c2cccc(Nc3ccncc3)c2)C1=O. The predicted molar refractivity (Wildman–Crippen MR) is 79.3 cm³/mol. The van der Waals surface area contributed by atoms with E-state index in [0.717, 1.165) is 30.2 Å². The molecule has 0 unspecified atom stereocenters. The van der Waals surface area contributed by atoms with Crippen LogP contribution >= 0.6 is 0 Å². The molecule has 0 spiro atoms. The van der Waals surface area contributed by atoms with Gasteiger partial charge < -0.3 is 10.2 Å². The Hall–Kier alpha value is -2.56. The number of anilines is 3. The lowest BCUT2D eigenvalue weighted by atomic mass is 10.2. The fourth-order valence-electron chi connectivity index (χ4n) is 2.24. The van der Waals surface area contributed by atoms with Gasteiger partial charge in [0.05, 0.1) is 0 Å². The van der Waals surface area contributed by atoms with Gasteiger partial charge >= 0.3 is 6.03 Å². The number of amides is 2. The molecule has 20 heavy (non-hydrogen) atoms. The second kappa shape index (κ2) is 5.21. The number of urea groups is 1. The van der Waals surface area contributed by atoms with Crippen molar-refractivity contribution in [3.05, 3.63) is 48.8 Å². The minimum atomic E-state index is 0.0473. The van der Waals surface area contributed by atoms with E-state index in [1.165, 1.54) is 0 Å². The predicted octanol–water partition coefficient (Wildman–Crippen LogP) is 2.70. The van der Waals surface area contributed by atoms with Gasteiger partial charge in [-0.25, -0.2) is 4.79 Å². The average molecular weight is 268 g/mol. The zero-order valence-corrected chi connectivity index (χ0v) is 11.3. The summed E-state index contributed by atoms with van der Waals surface area (Å²) in [5.41, 5.74) is 2.84. The molecule has 1 N–H and O–H groups in total. The molecule has 0 radical (unpaired) electrons. The third kappa shape index (κ3) is 2.42. The first-order valence-electron chi connectivity index (χ1n) is 6.54. The lowest BCUT2D eigenvalue weighted by Gasteiger charge is -2.17. The molecule has 2 heterocycles. The molecule has 1 aliphatic rings. The number of nitrogens with zero attached hydrogens (tertiary/aromatic N) is 3. The molecule has 5 nitrogen and oxygen atoms in total. The highest BCUT2D eigenvalue weighted by Crippen LogP contribution is 2.24. The van der Waals surface area contributed by atoms with Crippen LogP contribution in [0.15, 0.2) is 48.8 Å². The molecule has 1 aromatic heterocycles. The third-order valence-corrected chi connectivity index (χ3v) is 3.34. The number of carbonyl (C=O) groups is 1. The second-order valence-electron chi connectivity index (χ2n) is 4.77. The van der Waals surface area contributed by atoms with E-state index < -0.39 is 0 Å².